The maximum absolute atomic E-state index is 11.9. The molecule has 0 aromatic heterocycles. The van der Waals surface area contributed by atoms with Gasteiger partial charge in [-0.05, 0) is 12.8 Å². The van der Waals surface area contributed by atoms with Crippen molar-refractivity contribution in [1.29, 1.82) is 0 Å². The molecule has 0 saturated heterocycles. The first kappa shape index (κ1) is 18.5. The number of nitrogens with zero attached hydrogens (tertiary/aromatic N) is 1. The van der Waals surface area contributed by atoms with Crippen LogP contribution in [0.3, 0.4) is 0 Å². The van der Waals surface area contributed by atoms with Crippen LogP contribution < -0.4 is 5.73 Å². The third-order valence-electron chi connectivity index (χ3n) is 3.00. The minimum atomic E-state index is -3.14. The number of hydrogen-bond acceptors (Lipinski definition) is 3. The van der Waals surface area contributed by atoms with Gasteiger partial charge in [-0.15, -0.1) is 12.4 Å². The molecule has 2 N–H and O–H groups in total. The molecule has 0 aromatic carbocycles. The Morgan fingerprint density at radius 1 is 1.25 bits per heavy atom. The van der Waals surface area contributed by atoms with Crippen molar-refractivity contribution in [3.8, 4) is 0 Å². The first-order valence-corrected chi connectivity index (χ1v) is 7.15. The maximum Gasteiger partial charge on any atom is 0.214 e. The van der Waals surface area contributed by atoms with E-state index in [1.54, 1.807) is 7.05 Å². The summed E-state index contributed by atoms with van der Waals surface area (Å²) in [5, 5.41) is 0. The molecule has 0 saturated carbocycles. The lowest BCUT2D eigenvalue weighted by molar-refractivity contribution is 0.386. The van der Waals surface area contributed by atoms with Crippen LogP contribution in [0.1, 0.15) is 33.6 Å². The lowest BCUT2D eigenvalue weighted by Gasteiger charge is -2.25. The fourth-order valence-electron chi connectivity index (χ4n) is 1.36. The molecule has 0 heterocycles. The Balaban J connectivity index is 0. The normalized spacial score (nSPS) is 13.9. The van der Waals surface area contributed by atoms with E-state index < -0.39 is 10.0 Å². The number of halogens is 1. The van der Waals surface area contributed by atoms with Gasteiger partial charge in [-0.3, -0.25) is 0 Å². The van der Waals surface area contributed by atoms with Gasteiger partial charge in [-0.25, -0.2) is 12.7 Å². The second-order valence-corrected chi connectivity index (χ2v) is 6.14. The molecule has 100 valence electrons. The number of likely N-dealkylation sites (N-methyl/N-ethyl adjacent to an activating group) is 1. The molecule has 1 atom stereocenters. The van der Waals surface area contributed by atoms with E-state index in [0.29, 0.717) is 6.54 Å². The van der Waals surface area contributed by atoms with Gasteiger partial charge in [0, 0.05) is 19.6 Å². The smallest absolute Gasteiger partial charge is 0.214 e. The van der Waals surface area contributed by atoms with E-state index in [4.69, 9.17) is 5.73 Å². The summed E-state index contributed by atoms with van der Waals surface area (Å²) in [6, 6.07) is -0.121. The molecule has 0 radical (unpaired) electrons. The third kappa shape index (κ3) is 5.48. The Labute approximate surface area is 106 Å². The highest BCUT2D eigenvalue weighted by Gasteiger charge is 2.24. The maximum atomic E-state index is 11.9. The Morgan fingerprint density at radius 3 is 2.00 bits per heavy atom. The molecule has 0 aliphatic rings. The quantitative estimate of drug-likeness (QED) is 0.763. The van der Waals surface area contributed by atoms with E-state index in [0.717, 1.165) is 12.8 Å². The summed E-state index contributed by atoms with van der Waals surface area (Å²) in [5.41, 5.74) is 5.46. The first-order chi connectivity index (χ1) is 6.88. The highest BCUT2D eigenvalue weighted by molar-refractivity contribution is 7.89. The number of hydrogen-bond donors (Lipinski definition) is 1. The summed E-state index contributed by atoms with van der Waals surface area (Å²) in [6.45, 7) is 6.23. The van der Waals surface area contributed by atoms with E-state index in [1.807, 2.05) is 20.8 Å². The topological polar surface area (TPSA) is 63.4 Å². The van der Waals surface area contributed by atoms with Crippen molar-refractivity contribution >= 4 is 22.4 Å². The number of sulfonamides is 1. The minimum absolute atomic E-state index is 0. The molecule has 0 bridgehead atoms. The summed E-state index contributed by atoms with van der Waals surface area (Å²) < 4.78 is 25.3. The van der Waals surface area contributed by atoms with Crippen LogP contribution in [0.15, 0.2) is 0 Å². The van der Waals surface area contributed by atoms with Crippen molar-refractivity contribution in [3.63, 3.8) is 0 Å². The molecule has 6 heteroatoms. The van der Waals surface area contributed by atoms with E-state index in [-0.39, 0.29) is 30.1 Å². The van der Waals surface area contributed by atoms with E-state index in [2.05, 4.69) is 0 Å². The van der Waals surface area contributed by atoms with Crippen molar-refractivity contribution in [1.82, 2.24) is 4.31 Å². The predicted molar refractivity (Wildman–Crippen MR) is 71.4 cm³/mol. The van der Waals surface area contributed by atoms with Crippen molar-refractivity contribution in [2.24, 2.45) is 11.7 Å². The van der Waals surface area contributed by atoms with E-state index in [1.165, 1.54) is 4.31 Å². The van der Waals surface area contributed by atoms with Gasteiger partial charge >= 0.3 is 0 Å². The molecule has 0 spiro atoms. The zero-order valence-electron chi connectivity index (χ0n) is 10.6. The second kappa shape index (κ2) is 8.28. The Hall–Kier alpha value is 0.160. The van der Waals surface area contributed by atoms with Gasteiger partial charge in [0.1, 0.15) is 0 Å². The van der Waals surface area contributed by atoms with Crippen LogP contribution in [0.4, 0.5) is 0 Å². The van der Waals surface area contributed by atoms with Gasteiger partial charge in [0.2, 0.25) is 10.0 Å². The molecule has 0 amide bonds. The largest absolute Gasteiger partial charge is 0.329 e. The summed E-state index contributed by atoms with van der Waals surface area (Å²) in [6.07, 6.45) is 1.81. The van der Waals surface area contributed by atoms with Crippen LogP contribution >= 0.6 is 12.4 Å². The van der Waals surface area contributed by atoms with Crippen molar-refractivity contribution in [3.05, 3.63) is 0 Å². The SMILES string of the molecule is CCC(CC)CS(=O)(=O)N(C)C(C)CN.Cl. The Bertz CT molecular complexity index is 266. The van der Waals surface area contributed by atoms with Gasteiger partial charge in [-0.1, -0.05) is 26.7 Å². The summed E-state index contributed by atoms with van der Waals surface area (Å²) in [5.74, 6) is 0.489. The van der Waals surface area contributed by atoms with Crippen molar-refractivity contribution in [2.75, 3.05) is 19.3 Å². The van der Waals surface area contributed by atoms with Gasteiger partial charge in [0.05, 0.1) is 5.75 Å². The van der Waals surface area contributed by atoms with Crippen LogP contribution in [0.2, 0.25) is 0 Å². The molecule has 16 heavy (non-hydrogen) atoms. The second-order valence-electron chi connectivity index (χ2n) is 4.06. The molecular formula is C10H25ClN2O2S. The van der Waals surface area contributed by atoms with Crippen molar-refractivity contribution in [2.45, 2.75) is 39.7 Å². The van der Waals surface area contributed by atoms with Crippen LogP contribution in [-0.4, -0.2) is 38.1 Å². The van der Waals surface area contributed by atoms with Gasteiger partial charge in [-0.2, -0.15) is 0 Å². The Kier molecular flexibility index (Phi) is 9.59. The minimum Gasteiger partial charge on any atom is -0.329 e. The van der Waals surface area contributed by atoms with Gasteiger partial charge in [0.25, 0.3) is 0 Å². The molecule has 4 nitrogen and oxygen atoms in total. The Morgan fingerprint density at radius 2 is 1.69 bits per heavy atom. The van der Waals surface area contributed by atoms with Crippen LogP contribution in [0.5, 0.6) is 0 Å². The highest BCUT2D eigenvalue weighted by Crippen LogP contribution is 2.14. The van der Waals surface area contributed by atoms with Crippen LogP contribution in [-0.2, 0) is 10.0 Å². The summed E-state index contributed by atoms with van der Waals surface area (Å²) in [4.78, 5) is 0. The predicted octanol–water partition coefficient (Wildman–Crippen LogP) is 1.45. The summed E-state index contributed by atoms with van der Waals surface area (Å²) >= 11 is 0. The summed E-state index contributed by atoms with van der Waals surface area (Å²) in [7, 11) is -1.54. The lowest BCUT2D eigenvalue weighted by Crippen LogP contribution is -2.41. The molecule has 1 unspecified atom stereocenters. The fourth-order valence-corrected chi connectivity index (χ4v) is 3.30. The number of rotatable bonds is 7. The van der Waals surface area contributed by atoms with E-state index >= 15 is 0 Å². The standard InChI is InChI=1S/C10H24N2O2S.ClH/c1-5-10(6-2)8-15(13,14)12(4)9(3)7-11;/h9-10H,5-8,11H2,1-4H3;1H. The third-order valence-corrected chi connectivity index (χ3v) is 5.13. The molecule has 0 fully saturated rings. The average molecular weight is 273 g/mol. The monoisotopic (exact) mass is 272 g/mol. The van der Waals surface area contributed by atoms with Crippen molar-refractivity contribution < 1.29 is 8.42 Å². The molecule has 0 rings (SSSR count). The van der Waals surface area contributed by atoms with Gasteiger partial charge < -0.3 is 5.73 Å². The molecule has 0 aromatic rings. The zero-order chi connectivity index (χ0) is 12.1. The fraction of sp³-hybridized carbons (Fsp3) is 1.00. The number of nitrogens with two attached hydrogens (primary N) is 1. The van der Waals surface area contributed by atoms with Gasteiger partial charge in [0.15, 0.2) is 0 Å². The molecule has 0 aliphatic heterocycles. The highest BCUT2D eigenvalue weighted by atomic mass is 35.5. The lowest BCUT2D eigenvalue weighted by atomic mass is 10.1. The first-order valence-electron chi connectivity index (χ1n) is 5.54. The van der Waals surface area contributed by atoms with E-state index in [9.17, 15) is 8.42 Å². The van der Waals surface area contributed by atoms with Crippen LogP contribution in [0, 0.1) is 5.92 Å². The zero-order valence-corrected chi connectivity index (χ0v) is 12.3. The molecule has 0 aliphatic carbocycles. The average Bonchev–Trinajstić information content (AvgIpc) is 2.23. The van der Waals surface area contributed by atoms with Crippen LogP contribution in [0.25, 0.3) is 0 Å². The molecular weight excluding hydrogens is 248 g/mol.